The van der Waals surface area contributed by atoms with Gasteiger partial charge < -0.3 is 4.74 Å². The monoisotopic (exact) mass is 453 g/mol. The number of methoxy groups -OCH3 is 1. The molecule has 0 N–H and O–H groups in total. The first kappa shape index (κ1) is 19.4. The highest BCUT2D eigenvalue weighted by atomic mass is 35.5. The molecule has 0 aliphatic heterocycles. The Morgan fingerprint density at radius 1 is 1.03 bits per heavy atom. The van der Waals surface area contributed by atoms with Crippen LogP contribution in [0, 0.1) is 0 Å². The summed E-state index contributed by atoms with van der Waals surface area (Å²) >= 11 is 12.4. The van der Waals surface area contributed by atoms with Crippen molar-refractivity contribution in [2.45, 2.75) is 6.42 Å². The maximum Gasteiger partial charge on any atom is 0.311 e. The van der Waals surface area contributed by atoms with E-state index in [1.54, 1.807) is 35.0 Å². The molecular weight excluding hydrogens is 441 g/mol. The van der Waals surface area contributed by atoms with Gasteiger partial charge in [0, 0.05) is 10.6 Å². The summed E-state index contributed by atoms with van der Waals surface area (Å²) in [5, 5.41) is 18.7. The minimum absolute atomic E-state index is 0.0696. The van der Waals surface area contributed by atoms with Gasteiger partial charge in [0.1, 0.15) is 5.69 Å². The van der Waals surface area contributed by atoms with Gasteiger partial charge in [-0.15, -0.1) is 15.3 Å². The quantitative estimate of drug-likeness (QED) is 0.383. The summed E-state index contributed by atoms with van der Waals surface area (Å²) in [6, 6.07) is 14.3. The van der Waals surface area contributed by atoms with E-state index in [2.05, 4.69) is 25.4 Å². The molecule has 0 amide bonds. The van der Waals surface area contributed by atoms with Crippen molar-refractivity contribution in [2.24, 2.45) is 0 Å². The molecule has 0 unspecified atom stereocenters. The van der Waals surface area contributed by atoms with Gasteiger partial charge in [0.15, 0.2) is 17.0 Å². The van der Waals surface area contributed by atoms with E-state index in [0.29, 0.717) is 44.0 Å². The van der Waals surface area contributed by atoms with E-state index in [4.69, 9.17) is 27.9 Å². The summed E-state index contributed by atoms with van der Waals surface area (Å²) < 4.78 is 7.95. The number of aromatic nitrogens is 7. The van der Waals surface area contributed by atoms with E-state index in [1.165, 1.54) is 11.6 Å². The largest absolute Gasteiger partial charge is 0.469 e. The number of hydrogen-bond donors (Lipinski definition) is 0. The van der Waals surface area contributed by atoms with Crippen molar-refractivity contribution in [1.82, 2.24) is 34.6 Å². The summed E-state index contributed by atoms with van der Waals surface area (Å²) in [5.74, 6) is 0.216. The van der Waals surface area contributed by atoms with E-state index in [-0.39, 0.29) is 12.2 Å². The lowest BCUT2D eigenvalue weighted by Crippen LogP contribution is -2.06. The zero-order chi connectivity index (χ0) is 21.5. The highest BCUT2D eigenvalue weighted by molar-refractivity contribution is 6.33. The molecule has 154 valence electrons. The van der Waals surface area contributed by atoms with Gasteiger partial charge in [0.2, 0.25) is 0 Å². The van der Waals surface area contributed by atoms with Gasteiger partial charge >= 0.3 is 5.97 Å². The first-order chi connectivity index (χ1) is 15.0. The van der Waals surface area contributed by atoms with Crippen LogP contribution in [0.5, 0.6) is 0 Å². The zero-order valence-corrected chi connectivity index (χ0v) is 17.5. The van der Waals surface area contributed by atoms with Crippen LogP contribution in [0.4, 0.5) is 0 Å². The lowest BCUT2D eigenvalue weighted by Gasteiger charge is -2.03. The van der Waals surface area contributed by atoms with E-state index < -0.39 is 5.97 Å². The van der Waals surface area contributed by atoms with Crippen LogP contribution < -0.4 is 0 Å². The molecule has 31 heavy (non-hydrogen) atoms. The van der Waals surface area contributed by atoms with Gasteiger partial charge in [-0.2, -0.15) is 14.6 Å². The molecule has 3 heterocycles. The van der Waals surface area contributed by atoms with Gasteiger partial charge in [-0.25, -0.2) is 4.68 Å². The van der Waals surface area contributed by atoms with Crippen LogP contribution in [0.25, 0.3) is 34.0 Å². The number of fused-ring (bicyclic) bond motifs is 3. The van der Waals surface area contributed by atoms with E-state index in [0.717, 1.165) is 0 Å². The standard InChI is InChI=1S/C20H13Cl2N7O2/c1-31-16(30)10-15-17-19(28(26-15)12-8-6-11(21)7-9-12)29-20(25-24-17)23-18(27-29)13-4-2-3-5-14(13)22/h2-9H,10H2,1H3. The molecule has 0 saturated carbocycles. The Hall–Kier alpha value is -3.56. The van der Waals surface area contributed by atoms with Crippen molar-refractivity contribution in [2.75, 3.05) is 7.11 Å². The van der Waals surface area contributed by atoms with E-state index in [1.807, 2.05) is 18.2 Å². The summed E-state index contributed by atoms with van der Waals surface area (Å²) in [6.07, 6.45) is -0.0696. The molecule has 0 spiro atoms. The Balaban J connectivity index is 1.79. The maximum atomic E-state index is 11.9. The summed E-state index contributed by atoms with van der Waals surface area (Å²) in [4.78, 5) is 16.4. The SMILES string of the molecule is COC(=O)Cc1nn(-c2ccc(Cl)cc2)c2c1nnc1nc(-c3ccccc3Cl)nn12. The van der Waals surface area contributed by atoms with Crippen molar-refractivity contribution in [1.29, 1.82) is 0 Å². The van der Waals surface area contributed by atoms with Crippen molar-refractivity contribution >= 4 is 46.1 Å². The minimum atomic E-state index is -0.445. The highest BCUT2D eigenvalue weighted by Crippen LogP contribution is 2.27. The second-order valence-electron chi connectivity index (χ2n) is 6.59. The van der Waals surface area contributed by atoms with Gasteiger partial charge in [0.25, 0.3) is 5.78 Å². The summed E-state index contributed by atoms with van der Waals surface area (Å²) in [5.41, 5.74) is 2.67. The number of nitrogens with zero attached hydrogens (tertiary/aromatic N) is 7. The third-order valence-corrected chi connectivity index (χ3v) is 5.24. The van der Waals surface area contributed by atoms with Crippen molar-refractivity contribution in [3.8, 4) is 17.1 Å². The van der Waals surface area contributed by atoms with Crippen LogP contribution in [0.1, 0.15) is 5.69 Å². The Kier molecular flexibility index (Phi) is 4.76. The summed E-state index contributed by atoms with van der Waals surface area (Å²) in [6.45, 7) is 0. The summed E-state index contributed by atoms with van der Waals surface area (Å²) in [7, 11) is 1.32. The number of hydrogen-bond acceptors (Lipinski definition) is 7. The highest BCUT2D eigenvalue weighted by Gasteiger charge is 2.22. The van der Waals surface area contributed by atoms with E-state index >= 15 is 0 Å². The maximum absolute atomic E-state index is 11.9. The van der Waals surface area contributed by atoms with Crippen LogP contribution >= 0.6 is 23.2 Å². The third-order valence-electron chi connectivity index (χ3n) is 4.66. The molecule has 11 heteroatoms. The molecule has 2 aromatic carbocycles. The second-order valence-corrected chi connectivity index (χ2v) is 7.43. The van der Waals surface area contributed by atoms with Crippen LogP contribution in [0.15, 0.2) is 48.5 Å². The molecule has 0 aliphatic carbocycles. The Morgan fingerprint density at radius 3 is 2.55 bits per heavy atom. The van der Waals surface area contributed by atoms with Crippen molar-refractivity contribution in [3.05, 3.63) is 64.3 Å². The number of esters is 1. The molecular formula is C20H13Cl2N7O2. The predicted molar refractivity (Wildman–Crippen MR) is 114 cm³/mol. The van der Waals surface area contributed by atoms with Crippen LogP contribution in [0.2, 0.25) is 10.0 Å². The fraction of sp³-hybridized carbons (Fsp3) is 0.100. The van der Waals surface area contributed by atoms with Crippen LogP contribution in [-0.4, -0.2) is 47.7 Å². The zero-order valence-electron chi connectivity index (χ0n) is 16.0. The van der Waals surface area contributed by atoms with Gasteiger partial charge in [-0.05, 0) is 36.4 Å². The van der Waals surface area contributed by atoms with Gasteiger partial charge in [-0.1, -0.05) is 35.3 Å². The molecule has 0 bridgehead atoms. The number of carbonyl (C=O) groups excluding carboxylic acids is 1. The lowest BCUT2D eigenvalue weighted by molar-refractivity contribution is -0.139. The topological polar surface area (TPSA) is 100 Å². The minimum Gasteiger partial charge on any atom is -0.469 e. The molecule has 3 aromatic heterocycles. The van der Waals surface area contributed by atoms with Crippen LogP contribution in [-0.2, 0) is 16.0 Å². The Morgan fingerprint density at radius 2 is 1.81 bits per heavy atom. The van der Waals surface area contributed by atoms with Gasteiger partial charge in [0.05, 0.1) is 24.2 Å². The van der Waals surface area contributed by atoms with Crippen LogP contribution in [0.3, 0.4) is 0 Å². The molecule has 0 radical (unpaired) electrons. The normalized spacial score (nSPS) is 11.3. The lowest BCUT2D eigenvalue weighted by atomic mass is 10.2. The number of rotatable bonds is 4. The molecule has 0 atom stereocenters. The average Bonchev–Trinajstić information content (AvgIpc) is 3.36. The van der Waals surface area contributed by atoms with Crippen molar-refractivity contribution in [3.63, 3.8) is 0 Å². The first-order valence-electron chi connectivity index (χ1n) is 9.14. The Bertz CT molecular complexity index is 1440. The molecule has 0 aliphatic rings. The molecule has 5 rings (SSSR count). The number of carbonyl (C=O) groups is 1. The number of benzene rings is 2. The molecule has 5 aromatic rings. The average molecular weight is 454 g/mol. The second kappa shape index (κ2) is 7.60. The van der Waals surface area contributed by atoms with E-state index in [9.17, 15) is 4.79 Å². The number of halogens is 2. The third kappa shape index (κ3) is 3.37. The molecule has 0 fully saturated rings. The fourth-order valence-electron chi connectivity index (χ4n) is 3.19. The Labute approximate surface area is 185 Å². The molecule has 9 nitrogen and oxygen atoms in total. The number of ether oxygens (including phenoxy) is 1. The fourth-order valence-corrected chi connectivity index (χ4v) is 3.54. The van der Waals surface area contributed by atoms with Gasteiger partial charge in [-0.3, -0.25) is 4.79 Å². The smallest absolute Gasteiger partial charge is 0.311 e. The molecule has 0 saturated heterocycles. The predicted octanol–water partition coefficient (Wildman–Crippen LogP) is 3.55. The first-order valence-corrected chi connectivity index (χ1v) is 9.89. The van der Waals surface area contributed by atoms with Crippen molar-refractivity contribution < 1.29 is 9.53 Å².